The summed E-state index contributed by atoms with van der Waals surface area (Å²) in [4.78, 5) is 37.5. The van der Waals surface area contributed by atoms with Crippen LogP contribution < -0.4 is 5.73 Å². The minimum absolute atomic E-state index is 0.00771. The number of nitrogens with two attached hydrogens (primary N) is 1. The molecule has 1 saturated heterocycles. The van der Waals surface area contributed by atoms with Crippen LogP contribution in [0.25, 0.3) is 21.7 Å². The van der Waals surface area contributed by atoms with Gasteiger partial charge in [-0.05, 0) is 30.5 Å². The summed E-state index contributed by atoms with van der Waals surface area (Å²) < 4.78 is 5.42. The molecule has 7 nitrogen and oxygen atoms in total. The Morgan fingerprint density at radius 3 is 2.71 bits per heavy atom. The Morgan fingerprint density at radius 2 is 2.00 bits per heavy atom. The van der Waals surface area contributed by atoms with Crippen molar-refractivity contribution in [2.24, 2.45) is 11.7 Å². The summed E-state index contributed by atoms with van der Waals surface area (Å²) in [7, 11) is 0. The first-order chi connectivity index (χ1) is 13.6. The predicted octanol–water partition coefficient (Wildman–Crippen LogP) is 2.98. The van der Waals surface area contributed by atoms with Crippen molar-refractivity contribution in [2.75, 3.05) is 13.2 Å². The van der Waals surface area contributed by atoms with E-state index in [9.17, 15) is 9.59 Å². The first-order valence-electron chi connectivity index (χ1n) is 8.91. The Labute approximate surface area is 165 Å². The van der Waals surface area contributed by atoms with E-state index in [0.29, 0.717) is 40.6 Å². The summed E-state index contributed by atoms with van der Waals surface area (Å²) in [6, 6.07) is 3.59. The highest BCUT2D eigenvalue weighted by Crippen LogP contribution is 2.36. The summed E-state index contributed by atoms with van der Waals surface area (Å²) in [5, 5.41) is 2.36. The third-order valence-corrected chi connectivity index (χ3v) is 5.57. The van der Waals surface area contributed by atoms with Gasteiger partial charge in [0, 0.05) is 53.8 Å². The van der Waals surface area contributed by atoms with E-state index in [0.717, 1.165) is 18.4 Å². The standard InChI is InChI=1S/C20H18N4O3S/c21-19(26)14-8-23-9-15(17(14)12-3-5-22-6-4-12)20-24-16(11-28-20)18(25)13-2-1-7-27-10-13/h3-6,8-9,11,13H,1-2,7,10H2,(H2,21,26)/t13-/m1/s1. The van der Waals surface area contributed by atoms with Crippen molar-refractivity contribution in [3.8, 4) is 21.7 Å². The van der Waals surface area contributed by atoms with Gasteiger partial charge in [-0.1, -0.05) is 0 Å². The molecule has 1 fully saturated rings. The first kappa shape index (κ1) is 18.4. The molecule has 0 aromatic carbocycles. The zero-order valence-electron chi connectivity index (χ0n) is 15.0. The van der Waals surface area contributed by atoms with E-state index in [-0.39, 0.29) is 11.7 Å². The average Bonchev–Trinajstić information content (AvgIpc) is 3.24. The molecule has 8 heteroatoms. The van der Waals surface area contributed by atoms with Gasteiger partial charge in [0.05, 0.1) is 12.2 Å². The maximum absolute atomic E-state index is 12.7. The third-order valence-electron chi connectivity index (χ3n) is 4.70. The van der Waals surface area contributed by atoms with Gasteiger partial charge in [0.15, 0.2) is 5.78 Å². The number of primary amides is 1. The van der Waals surface area contributed by atoms with Gasteiger partial charge in [-0.25, -0.2) is 4.98 Å². The van der Waals surface area contributed by atoms with Crippen LogP contribution in [0.4, 0.5) is 0 Å². The van der Waals surface area contributed by atoms with E-state index in [1.165, 1.54) is 17.5 Å². The van der Waals surface area contributed by atoms with Gasteiger partial charge >= 0.3 is 0 Å². The molecule has 142 valence electrons. The second kappa shape index (κ2) is 7.95. The largest absolute Gasteiger partial charge is 0.381 e. The van der Waals surface area contributed by atoms with E-state index >= 15 is 0 Å². The maximum Gasteiger partial charge on any atom is 0.250 e. The van der Waals surface area contributed by atoms with Crippen LogP contribution in [0.3, 0.4) is 0 Å². The van der Waals surface area contributed by atoms with Crippen LogP contribution in [0.15, 0.2) is 42.3 Å². The zero-order chi connectivity index (χ0) is 19.5. The molecule has 0 bridgehead atoms. The van der Waals surface area contributed by atoms with E-state index in [1.54, 1.807) is 36.1 Å². The molecule has 3 aromatic rings. The fourth-order valence-corrected chi connectivity index (χ4v) is 4.13. The SMILES string of the molecule is NC(=O)c1cncc(-c2nc(C(=O)[C@@H]3CCCOC3)cs2)c1-c1ccncc1. The number of hydrogen-bond acceptors (Lipinski definition) is 7. The highest BCUT2D eigenvalue weighted by molar-refractivity contribution is 7.13. The number of ketones is 1. The number of carbonyl (C=O) groups excluding carboxylic acids is 2. The molecule has 0 unspecified atom stereocenters. The number of nitrogens with zero attached hydrogens (tertiary/aromatic N) is 3. The number of ether oxygens (including phenoxy) is 1. The Kier molecular flexibility index (Phi) is 5.23. The molecule has 1 atom stereocenters. The number of rotatable bonds is 5. The van der Waals surface area contributed by atoms with Crippen molar-refractivity contribution in [1.82, 2.24) is 15.0 Å². The van der Waals surface area contributed by atoms with E-state index in [4.69, 9.17) is 10.5 Å². The zero-order valence-corrected chi connectivity index (χ0v) is 15.8. The second-order valence-corrected chi connectivity index (χ2v) is 7.38. The maximum atomic E-state index is 12.7. The Balaban J connectivity index is 1.76. The van der Waals surface area contributed by atoms with Gasteiger partial charge in [0.25, 0.3) is 5.91 Å². The Hall–Kier alpha value is -2.97. The third kappa shape index (κ3) is 3.56. The smallest absolute Gasteiger partial charge is 0.250 e. The molecular formula is C20H18N4O3S. The lowest BCUT2D eigenvalue weighted by Gasteiger charge is -2.19. The summed E-state index contributed by atoms with van der Waals surface area (Å²) in [5.74, 6) is -0.738. The topological polar surface area (TPSA) is 108 Å². The molecule has 2 N–H and O–H groups in total. The molecule has 3 aromatic heterocycles. The summed E-state index contributed by atoms with van der Waals surface area (Å²) in [5.41, 5.74) is 8.37. The quantitative estimate of drug-likeness (QED) is 0.667. The molecule has 4 rings (SSSR count). The average molecular weight is 394 g/mol. The summed E-state index contributed by atoms with van der Waals surface area (Å²) in [6.07, 6.45) is 8.06. The molecule has 0 saturated carbocycles. The van der Waals surface area contributed by atoms with E-state index < -0.39 is 5.91 Å². The monoisotopic (exact) mass is 394 g/mol. The molecule has 1 aliphatic heterocycles. The van der Waals surface area contributed by atoms with Gasteiger partial charge in [0.2, 0.25) is 0 Å². The fourth-order valence-electron chi connectivity index (χ4n) is 3.31. The highest BCUT2D eigenvalue weighted by atomic mass is 32.1. The normalized spacial score (nSPS) is 16.6. The van der Waals surface area contributed by atoms with Crippen molar-refractivity contribution in [1.29, 1.82) is 0 Å². The molecule has 28 heavy (non-hydrogen) atoms. The number of Topliss-reactive ketones (excluding diaryl/α,β-unsaturated/α-hetero) is 1. The summed E-state index contributed by atoms with van der Waals surface area (Å²) in [6.45, 7) is 1.14. The van der Waals surface area contributed by atoms with Gasteiger partial charge in [-0.3, -0.25) is 19.6 Å². The van der Waals surface area contributed by atoms with Crippen LogP contribution >= 0.6 is 11.3 Å². The van der Waals surface area contributed by atoms with Crippen molar-refractivity contribution in [3.63, 3.8) is 0 Å². The van der Waals surface area contributed by atoms with Gasteiger partial charge in [-0.15, -0.1) is 11.3 Å². The number of hydrogen-bond donors (Lipinski definition) is 1. The minimum atomic E-state index is -0.576. The summed E-state index contributed by atoms with van der Waals surface area (Å²) >= 11 is 1.34. The van der Waals surface area contributed by atoms with E-state index in [1.807, 2.05) is 0 Å². The van der Waals surface area contributed by atoms with Crippen molar-refractivity contribution in [2.45, 2.75) is 12.8 Å². The number of pyridine rings is 2. The van der Waals surface area contributed by atoms with Crippen LogP contribution in [0.2, 0.25) is 0 Å². The van der Waals surface area contributed by atoms with Crippen LogP contribution in [0.1, 0.15) is 33.7 Å². The minimum Gasteiger partial charge on any atom is -0.381 e. The van der Waals surface area contributed by atoms with Crippen LogP contribution in [-0.2, 0) is 4.74 Å². The molecular weight excluding hydrogens is 376 g/mol. The predicted molar refractivity (Wildman–Crippen MR) is 105 cm³/mol. The number of aromatic nitrogens is 3. The van der Waals surface area contributed by atoms with Crippen molar-refractivity contribution < 1.29 is 14.3 Å². The molecule has 0 aliphatic carbocycles. The van der Waals surface area contributed by atoms with Crippen LogP contribution in [0, 0.1) is 5.92 Å². The number of thiazole rings is 1. The number of carbonyl (C=O) groups is 2. The molecule has 4 heterocycles. The molecule has 0 radical (unpaired) electrons. The molecule has 1 amide bonds. The second-order valence-electron chi connectivity index (χ2n) is 6.53. The Morgan fingerprint density at radius 1 is 1.18 bits per heavy atom. The fraction of sp³-hybridized carbons (Fsp3) is 0.250. The van der Waals surface area contributed by atoms with Crippen LogP contribution in [-0.4, -0.2) is 39.9 Å². The Bertz CT molecular complexity index is 1010. The molecule has 1 aliphatic rings. The highest BCUT2D eigenvalue weighted by Gasteiger charge is 2.26. The first-order valence-corrected chi connectivity index (χ1v) is 9.79. The lowest BCUT2D eigenvalue weighted by atomic mass is 9.95. The lowest BCUT2D eigenvalue weighted by molar-refractivity contribution is 0.0458. The van der Waals surface area contributed by atoms with Gasteiger partial charge in [-0.2, -0.15) is 0 Å². The van der Waals surface area contributed by atoms with Gasteiger partial charge < -0.3 is 10.5 Å². The van der Waals surface area contributed by atoms with Crippen molar-refractivity contribution >= 4 is 23.0 Å². The lowest BCUT2D eigenvalue weighted by Crippen LogP contribution is -2.25. The molecule has 0 spiro atoms. The van der Waals surface area contributed by atoms with E-state index in [2.05, 4.69) is 15.0 Å². The van der Waals surface area contributed by atoms with Crippen LogP contribution in [0.5, 0.6) is 0 Å². The van der Waals surface area contributed by atoms with Crippen molar-refractivity contribution in [3.05, 3.63) is 53.6 Å². The number of amides is 1. The van der Waals surface area contributed by atoms with Gasteiger partial charge in [0.1, 0.15) is 10.7 Å².